The first-order valence-electron chi connectivity index (χ1n) is 13.3. The summed E-state index contributed by atoms with van der Waals surface area (Å²) >= 11 is 0. The van der Waals surface area contributed by atoms with E-state index < -0.39 is 63.6 Å². The van der Waals surface area contributed by atoms with Crippen molar-refractivity contribution in [3.63, 3.8) is 0 Å². The fourth-order valence-corrected chi connectivity index (χ4v) is 6.59. The van der Waals surface area contributed by atoms with Crippen LogP contribution in [0.4, 0.5) is 5.69 Å². The van der Waals surface area contributed by atoms with E-state index in [9.17, 15) is 39.6 Å². The Morgan fingerprint density at radius 1 is 1.12 bits per heavy atom. The van der Waals surface area contributed by atoms with E-state index in [1.165, 1.54) is 4.90 Å². The molecule has 0 unspecified atom stereocenters. The third kappa shape index (κ3) is 4.26. The number of hydrogen-bond donors (Lipinski definition) is 7. The first-order chi connectivity index (χ1) is 19.1. The van der Waals surface area contributed by atoms with E-state index in [4.69, 9.17) is 11.5 Å². The molecule has 0 aliphatic heterocycles. The zero-order chi connectivity index (χ0) is 30.3. The number of phenolic OH excluding ortho intramolecular Hbond substituents is 1. The molecule has 0 radical (unpaired) electrons. The molecule has 4 aliphatic carbocycles. The summed E-state index contributed by atoms with van der Waals surface area (Å²) in [5, 5.41) is 48.3. The highest BCUT2D eigenvalue weighted by Gasteiger charge is 2.64. The van der Waals surface area contributed by atoms with Gasteiger partial charge in [-0.25, -0.2) is 0 Å². The quantitative estimate of drug-likeness (QED) is 0.216. The van der Waals surface area contributed by atoms with Crippen molar-refractivity contribution < 1.29 is 39.6 Å². The SMILES string of the molecule is C.CN(C)c1cc(CNC(=O)C2(N)CC2)c(O)c2c1C[C@H]1C[C@H]3[C@H](N(C)C)C(=O)C(C(N)=O)=C(O)[C@@]3(O)C(=O)C1=C2O. The number of amides is 2. The Hall–Kier alpha value is -3.94. The zero-order valence-corrected chi connectivity index (χ0v) is 23.3. The number of hydrogen-bond acceptors (Lipinski definition) is 11. The number of anilines is 1. The van der Waals surface area contributed by atoms with Crippen LogP contribution in [0.3, 0.4) is 0 Å². The lowest BCUT2D eigenvalue weighted by molar-refractivity contribution is -0.153. The van der Waals surface area contributed by atoms with Gasteiger partial charge < -0.3 is 42.1 Å². The average Bonchev–Trinajstić information content (AvgIpc) is 3.63. The highest BCUT2D eigenvalue weighted by atomic mass is 16.3. The number of nitrogens with one attached hydrogen (secondary N) is 1. The number of aromatic hydroxyl groups is 1. The minimum atomic E-state index is -2.71. The summed E-state index contributed by atoms with van der Waals surface area (Å²) in [6.45, 7) is -0.0954. The Labute approximate surface area is 243 Å². The second-order valence-electron chi connectivity index (χ2n) is 12.0. The van der Waals surface area contributed by atoms with Gasteiger partial charge in [-0.3, -0.25) is 24.1 Å². The Bertz CT molecular complexity index is 1470. The molecule has 0 heterocycles. The number of nitrogens with zero attached hydrogens (tertiary/aromatic N) is 2. The zero-order valence-electron chi connectivity index (χ0n) is 23.3. The molecule has 13 nitrogen and oxygen atoms in total. The maximum Gasteiger partial charge on any atom is 0.255 e. The van der Waals surface area contributed by atoms with E-state index in [2.05, 4.69) is 5.32 Å². The lowest BCUT2D eigenvalue weighted by Crippen LogP contribution is -2.65. The highest BCUT2D eigenvalue weighted by Crippen LogP contribution is 2.54. The molecule has 0 spiro atoms. The molecule has 1 aromatic rings. The number of likely N-dealkylation sites (N-methyl/N-ethyl adjacent to an activating group) is 1. The summed E-state index contributed by atoms with van der Waals surface area (Å²) in [6, 6.07) is 0.530. The van der Waals surface area contributed by atoms with Gasteiger partial charge in [-0.05, 0) is 57.3 Å². The number of rotatable bonds is 6. The van der Waals surface area contributed by atoms with Gasteiger partial charge in [-0.15, -0.1) is 0 Å². The lowest BCUT2D eigenvalue weighted by atomic mass is 9.57. The molecule has 2 saturated carbocycles. The van der Waals surface area contributed by atoms with Crippen LogP contribution >= 0.6 is 0 Å². The van der Waals surface area contributed by atoms with Gasteiger partial charge in [-0.1, -0.05) is 7.43 Å². The van der Waals surface area contributed by atoms with Crippen LogP contribution in [0.15, 0.2) is 23.0 Å². The Morgan fingerprint density at radius 2 is 1.74 bits per heavy atom. The Balaban J connectivity index is 0.00000405. The average molecular weight is 586 g/mol. The number of Topliss-reactive ketones (excluding diaryl/α,β-unsaturated/α-hetero) is 2. The number of aliphatic hydroxyl groups is 3. The predicted octanol–water partition coefficient (Wildman–Crippen LogP) is -0.226. The fourth-order valence-electron chi connectivity index (χ4n) is 6.59. The molecule has 1 aromatic carbocycles. The molecule has 0 saturated heterocycles. The molecule has 4 atom stereocenters. The van der Waals surface area contributed by atoms with Crippen LogP contribution < -0.4 is 21.7 Å². The van der Waals surface area contributed by atoms with Crippen molar-refractivity contribution >= 4 is 34.8 Å². The largest absolute Gasteiger partial charge is 0.508 e. The van der Waals surface area contributed by atoms with Crippen LogP contribution in [0.1, 0.15) is 43.4 Å². The van der Waals surface area contributed by atoms with Crippen molar-refractivity contribution in [1.82, 2.24) is 10.2 Å². The molecule has 2 amide bonds. The van der Waals surface area contributed by atoms with Crippen molar-refractivity contribution in [1.29, 1.82) is 0 Å². The summed E-state index contributed by atoms with van der Waals surface area (Å²) in [5.41, 5.74) is 7.97. The van der Waals surface area contributed by atoms with E-state index in [-0.39, 0.29) is 55.2 Å². The molecule has 9 N–H and O–H groups in total. The van der Waals surface area contributed by atoms with E-state index in [1.807, 2.05) is 0 Å². The van der Waals surface area contributed by atoms with Gasteiger partial charge in [0, 0.05) is 43.4 Å². The maximum atomic E-state index is 14.0. The van der Waals surface area contributed by atoms with Crippen LogP contribution in [-0.4, -0.2) is 94.1 Å². The van der Waals surface area contributed by atoms with Crippen molar-refractivity contribution in [2.75, 3.05) is 33.1 Å². The fraction of sp³-hybridized carbons (Fsp3) is 0.517. The monoisotopic (exact) mass is 585 g/mol. The summed E-state index contributed by atoms with van der Waals surface area (Å²) in [6.07, 6.45) is 1.26. The van der Waals surface area contributed by atoms with Crippen LogP contribution in [0, 0.1) is 11.8 Å². The summed E-state index contributed by atoms with van der Waals surface area (Å²) in [4.78, 5) is 55.1. The highest BCUT2D eigenvalue weighted by molar-refractivity contribution is 6.24. The number of carbonyl (C=O) groups excluding carboxylic acids is 4. The van der Waals surface area contributed by atoms with Crippen molar-refractivity contribution in [3.05, 3.63) is 39.7 Å². The maximum absolute atomic E-state index is 14.0. The molecule has 4 aliphatic rings. The summed E-state index contributed by atoms with van der Waals surface area (Å²) in [7, 11) is 6.63. The van der Waals surface area contributed by atoms with Crippen molar-refractivity contribution in [2.24, 2.45) is 23.3 Å². The topological polar surface area (TPSA) is 220 Å². The van der Waals surface area contributed by atoms with Crippen LogP contribution in [0.2, 0.25) is 0 Å². The number of ketones is 2. The lowest BCUT2D eigenvalue weighted by Gasteiger charge is -2.50. The predicted molar refractivity (Wildman–Crippen MR) is 153 cm³/mol. The second kappa shape index (κ2) is 10.1. The van der Waals surface area contributed by atoms with E-state index in [1.54, 1.807) is 39.2 Å². The number of primary amides is 1. The molecular weight excluding hydrogens is 546 g/mol. The third-order valence-electron chi connectivity index (χ3n) is 8.94. The molecule has 42 heavy (non-hydrogen) atoms. The Morgan fingerprint density at radius 3 is 2.26 bits per heavy atom. The van der Waals surface area contributed by atoms with Gasteiger partial charge in [0.15, 0.2) is 11.4 Å². The molecule has 0 bridgehead atoms. The first-order valence-corrected chi connectivity index (χ1v) is 13.3. The molecule has 0 aromatic heterocycles. The molecule has 228 valence electrons. The van der Waals surface area contributed by atoms with Gasteiger partial charge >= 0.3 is 0 Å². The molecule has 13 heteroatoms. The third-order valence-corrected chi connectivity index (χ3v) is 8.94. The first kappa shape index (κ1) is 31.0. The molecular formula is C29H39N5O8. The van der Waals surface area contributed by atoms with Gasteiger partial charge in [0.2, 0.25) is 11.7 Å². The number of fused-ring (bicyclic) bond motifs is 3. The van der Waals surface area contributed by atoms with E-state index >= 15 is 0 Å². The van der Waals surface area contributed by atoms with Gasteiger partial charge in [0.1, 0.15) is 22.8 Å². The van der Waals surface area contributed by atoms with E-state index in [0.29, 0.717) is 24.1 Å². The number of benzene rings is 1. The van der Waals surface area contributed by atoms with Gasteiger partial charge in [-0.2, -0.15) is 0 Å². The number of carbonyl (C=O) groups is 4. The van der Waals surface area contributed by atoms with Crippen LogP contribution in [-0.2, 0) is 32.1 Å². The molecule has 2 fully saturated rings. The smallest absolute Gasteiger partial charge is 0.255 e. The summed E-state index contributed by atoms with van der Waals surface area (Å²) < 4.78 is 0. The Kier molecular flexibility index (Phi) is 7.46. The normalized spacial score (nSPS) is 27.5. The van der Waals surface area contributed by atoms with Gasteiger partial charge in [0.05, 0.1) is 17.1 Å². The van der Waals surface area contributed by atoms with Crippen LogP contribution in [0.25, 0.3) is 5.76 Å². The van der Waals surface area contributed by atoms with Crippen molar-refractivity contribution in [3.8, 4) is 5.75 Å². The summed E-state index contributed by atoms with van der Waals surface area (Å²) in [5.74, 6) is -7.48. The van der Waals surface area contributed by atoms with E-state index in [0.717, 1.165) is 0 Å². The van der Waals surface area contributed by atoms with Crippen LogP contribution in [0.5, 0.6) is 5.75 Å². The number of nitrogens with two attached hydrogens (primary N) is 2. The minimum absolute atomic E-state index is 0. The second-order valence-corrected chi connectivity index (χ2v) is 12.0. The number of phenols is 1. The van der Waals surface area contributed by atoms with Gasteiger partial charge in [0.25, 0.3) is 5.91 Å². The number of aliphatic hydroxyl groups excluding tert-OH is 2. The standard InChI is InChI=1S/C28H35N5O8.CH4/c1-32(2)15-9-12(10-31-26(40)27(30)5-6-27)20(34)17-13(15)7-11-8-14-19(33(3)4)22(36)18(25(29)39)24(38)28(14,41)23(37)16(11)21(17)35;/h9,11,14,19,34-35,38,41H,5-8,10,30H2,1-4H3,(H2,29,39)(H,31,40);1H4/t11-,14-,19-,28-;/m0./s1. The van der Waals surface area contributed by atoms with Crippen molar-refractivity contribution in [2.45, 2.75) is 56.8 Å². The minimum Gasteiger partial charge on any atom is -0.508 e. The molecule has 5 rings (SSSR count).